The van der Waals surface area contributed by atoms with Crippen molar-refractivity contribution in [1.82, 2.24) is 5.32 Å². The van der Waals surface area contributed by atoms with Crippen LogP contribution in [0.15, 0.2) is 0 Å². The van der Waals surface area contributed by atoms with E-state index in [9.17, 15) is 26.3 Å². The predicted octanol–water partition coefficient (Wildman–Crippen LogP) is 2.46. The van der Waals surface area contributed by atoms with Gasteiger partial charge in [-0.25, -0.2) is 0 Å². The lowest BCUT2D eigenvalue weighted by molar-refractivity contribution is -0.321. The molecule has 1 aliphatic heterocycles. The first-order valence-corrected chi connectivity index (χ1v) is 5.58. The Morgan fingerprint density at radius 2 is 1.67 bits per heavy atom. The van der Waals surface area contributed by atoms with Crippen LogP contribution >= 0.6 is 11.6 Å². The molecule has 2 nitrogen and oxygen atoms in total. The zero-order valence-corrected chi connectivity index (χ0v) is 9.83. The third kappa shape index (κ3) is 1.58. The van der Waals surface area contributed by atoms with Crippen LogP contribution in [-0.2, 0) is 4.74 Å². The van der Waals surface area contributed by atoms with Crippen molar-refractivity contribution in [3.8, 4) is 0 Å². The molecule has 0 amide bonds. The van der Waals surface area contributed by atoms with Crippen LogP contribution in [0.3, 0.4) is 0 Å². The minimum atomic E-state index is -5.45. The molecule has 106 valence electrons. The highest BCUT2D eigenvalue weighted by Gasteiger charge is 2.81. The monoisotopic (exact) mass is 297 g/mol. The van der Waals surface area contributed by atoms with Crippen LogP contribution in [0.5, 0.6) is 0 Å². The first-order valence-electron chi connectivity index (χ1n) is 5.14. The fraction of sp³-hybridized carbons (Fsp3) is 1.00. The summed E-state index contributed by atoms with van der Waals surface area (Å²) < 4.78 is 82.2. The molecule has 0 aromatic heterocycles. The quantitative estimate of drug-likeness (QED) is 0.593. The Kier molecular flexibility index (Phi) is 3.07. The van der Waals surface area contributed by atoms with Gasteiger partial charge in [0.1, 0.15) is 0 Å². The van der Waals surface area contributed by atoms with E-state index in [-0.39, 0.29) is 6.42 Å². The van der Waals surface area contributed by atoms with Gasteiger partial charge < -0.3 is 4.74 Å². The maximum Gasteiger partial charge on any atom is 0.415 e. The number of nitrogens with one attached hydrogen (secondary N) is 1. The van der Waals surface area contributed by atoms with Gasteiger partial charge in [-0.15, -0.1) is 11.6 Å². The number of piperidine rings is 1. The molecule has 18 heavy (non-hydrogen) atoms. The highest BCUT2D eigenvalue weighted by Crippen LogP contribution is 2.58. The maximum atomic E-state index is 12.9. The average Bonchev–Trinajstić information content (AvgIpc) is 2.67. The maximum absolute atomic E-state index is 12.9. The number of alkyl halides is 7. The van der Waals surface area contributed by atoms with Gasteiger partial charge in [0.05, 0.1) is 17.5 Å². The summed E-state index contributed by atoms with van der Waals surface area (Å²) in [6, 6.07) is -1.15. The highest BCUT2D eigenvalue weighted by molar-refractivity contribution is 6.22. The van der Waals surface area contributed by atoms with Crippen LogP contribution in [-0.4, -0.2) is 42.5 Å². The van der Waals surface area contributed by atoms with Gasteiger partial charge in [0.2, 0.25) is 5.54 Å². The third-order valence-corrected chi connectivity index (χ3v) is 4.34. The molecule has 2 rings (SSSR count). The van der Waals surface area contributed by atoms with Crippen LogP contribution in [0.4, 0.5) is 26.3 Å². The molecule has 2 fully saturated rings. The highest BCUT2D eigenvalue weighted by atomic mass is 35.5. The van der Waals surface area contributed by atoms with Gasteiger partial charge in [0.15, 0.2) is 0 Å². The van der Waals surface area contributed by atoms with Crippen molar-refractivity contribution in [1.29, 1.82) is 0 Å². The lowest BCUT2D eigenvalue weighted by atomic mass is 9.82. The van der Waals surface area contributed by atoms with E-state index in [2.05, 4.69) is 0 Å². The zero-order valence-electron chi connectivity index (χ0n) is 9.07. The number of methoxy groups -OCH3 is 1. The molecule has 0 unspecified atom stereocenters. The molecule has 1 saturated carbocycles. The molecular weight excluding hydrogens is 288 g/mol. The Morgan fingerprint density at radius 3 is 1.94 bits per heavy atom. The molecular formula is C9H10ClF6NO. The number of fused-ring (bicyclic) bond motifs is 2. The van der Waals surface area contributed by atoms with Crippen molar-refractivity contribution < 1.29 is 31.1 Å². The summed E-state index contributed by atoms with van der Waals surface area (Å²) in [5, 5.41) is 0.376. The predicted molar refractivity (Wildman–Crippen MR) is 50.3 cm³/mol. The van der Waals surface area contributed by atoms with Crippen molar-refractivity contribution in [3.05, 3.63) is 0 Å². The first kappa shape index (κ1) is 14.2. The summed E-state index contributed by atoms with van der Waals surface area (Å²) in [7, 11) is 1.24. The van der Waals surface area contributed by atoms with Crippen molar-refractivity contribution in [2.24, 2.45) is 5.92 Å². The summed E-state index contributed by atoms with van der Waals surface area (Å²) in [6.45, 7) is 0. The number of rotatable bonds is 1. The molecule has 1 heterocycles. The van der Waals surface area contributed by atoms with E-state index < -0.39 is 41.3 Å². The van der Waals surface area contributed by atoms with Crippen molar-refractivity contribution in [2.75, 3.05) is 7.11 Å². The summed E-state index contributed by atoms with van der Waals surface area (Å²) >= 11 is 5.70. The fourth-order valence-corrected chi connectivity index (χ4v) is 3.45. The summed E-state index contributed by atoms with van der Waals surface area (Å²) in [5.74, 6) is -1.77. The molecule has 0 aromatic rings. The molecule has 2 bridgehead atoms. The summed E-state index contributed by atoms with van der Waals surface area (Å²) in [5.41, 5.74) is -3.92. The van der Waals surface area contributed by atoms with E-state index in [1.807, 2.05) is 0 Å². The Morgan fingerprint density at radius 1 is 1.17 bits per heavy atom. The van der Waals surface area contributed by atoms with Crippen LogP contribution in [0.1, 0.15) is 6.42 Å². The van der Waals surface area contributed by atoms with Gasteiger partial charge in [0.25, 0.3) is 0 Å². The standard InChI is InChI=1S/C9H10ClF6NO/c1-18-4-2-3-5(10)6(4)17-7(3,8(11,12)13)9(14,15)16/h3-6,17H,2H2,1H3/t3-,4+,5-,6-/m0/s1. The molecule has 0 radical (unpaired) electrons. The summed E-state index contributed by atoms with van der Waals surface area (Å²) in [4.78, 5) is 0. The minimum Gasteiger partial charge on any atom is -0.380 e. The summed E-state index contributed by atoms with van der Waals surface area (Å²) in [6.07, 6.45) is -12.0. The van der Waals surface area contributed by atoms with Crippen LogP contribution < -0.4 is 5.32 Å². The van der Waals surface area contributed by atoms with Crippen LogP contribution in [0, 0.1) is 5.92 Å². The van der Waals surface area contributed by atoms with E-state index >= 15 is 0 Å². The molecule has 0 spiro atoms. The largest absolute Gasteiger partial charge is 0.415 e. The second-order valence-corrected chi connectivity index (χ2v) is 5.04. The zero-order chi connectivity index (χ0) is 13.9. The van der Waals surface area contributed by atoms with E-state index in [0.29, 0.717) is 0 Å². The van der Waals surface area contributed by atoms with Gasteiger partial charge >= 0.3 is 12.4 Å². The van der Waals surface area contributed by atoms with Crippen molar-refractivity contribution in [3.63, 3.8) is 0 Å². The lowest BCUT2D eigenvalue weighted by Gasteiger charge is -2.42. The van der Waals surface area contributed by atoms with Gasteiger partial charge in [-0.3, -0.25) is 5.32 Å². The number of ether oxygens (including phenoxy) is 1. The Hall–Kier alpha value is -0.210. The number of hydrogen-bond donors (Lipinski definition) is 1. The SMILES string of the molecule is CO[C@@H]1C[C@H]2[C@H](Cl)[C@H]1NC2(C(F)(F)F)C(F)(F)F. The number of halogens is 7. The van der Waals surface area contributed by atoms with Crippen molar-refractivity contribution >= 4 is 11.6 Å². The van der Waals surface area contributed by atoms with Gasteiger partial charge in [-0.1, -0.05) is 0 Å². The topological polar surface area (TPSA) is 21.3 Å². The van der Waals surface area contributed by atoms with E-state index in [4.69, 9.17) is 16.3 Å². The molecule has 1 N–H and O–H groups in total. The number of hydrogen-bond acceptors (Lipinski definition) is 2. The Balaban J connectivity index is 2.44. The second kappa shape index (κ2) is 3.89. The normalized spacial score (nSPS) is 39.3. The lowest BCUT2D eigenvalue weighted by Crippen LogP contribution is -2.70. The van der Waals surface area contributed by atoms with E-state index in [1.165, 1.54) is 7.11 Å². The van der Waals surface area contributed by atoms with E-state index in [1.54, 1.807) is 5.32 Å². The van der Waals surface area contributed by atoms with Gasteiger partial charge in [-0.2, -0.15) is 26.3 Å². The second-order valence-electron chi connectivity index (χ2n) is 4.53. The minimum absolute atomic E-state index is 0.360. The molecule has 0 aromatic carbocycles. The van der Waals surface area contributed by atoms with Crippen molar-refractivity contribution in [2.45, 2.75) is 41.8 Å². The third-order valence-electron chi connectivity index (χ3n) is 3.76. The average molecular weight is 298 g/mol. The Bertz CT molecular complexity index is 329. The smallest absolute Gasteiger partial charge is 0.380 e. The van der Waals surface area contributed by atoms with Gasteiger partial charge in [0, 0.05) is 13.0 Å². The van der Waals surface area contributed by atoms with Crippen LogP contribution in [0.2, 0.25) is 0 Å². The van der Waals surface area contributed by atoms with Gasteiger partial charge in [-0.05, 0) is 6.42 Å². The first-order chi connectivity index (χ1) is 8.06. The van der Waals surface area contributed by atoms with E-state index in [0.717, 1.165) is 0 Å². The molecule has 4 atom stereocenters. The molecule has 1 saturated heterocycles. The molecule has 2 aliphatic rings. The molecule has 9 heteroatoms. The molecule has 1 aliphatic carbocycles. The Labute approximate surface area is 104 Å². The van der Waals surface area contributed by atoms with Crippen LogP contribution in [0.25, 0.3) is 0 Å². The fourth-order valence-electron chi connectivity index (χ4n) is 2.93.